The van der Waals surface area contributed by atoms with Crippen molar-refractivity contribution in [3.8, 4) is 12.3 Å². The average molecular weight is 228 g/mol. The van der Waals surface area contributed by atoms with Crippen LogP contribution in [0.25, 0.3) is 0 Å². The monoisotopic (exact) mass is 227 g/mol. The summed E-state index contributed by atoms with van der Waals surface area (Å²) in [7, 11) is 0. The first kappa shape index (κ1) is 9.08. The topological polar surface area (TPSA) is 12.0 Å². The molecule has 1 aromatic carbocycles. The van der Waals surface area contributed by atoms with Crippen LogP contribution in [0, 0.1) is 18.2 Å². The van der Waals surface area contributed by atoms with Crippen molar-refractivity contribution in [2.45, 2.75) is 0 Å². The largest absolute Gasteiger partial charge is 0.371 e. The number of hydrogen-bond donors (Lipinski definition) is 1. The van der Waals surface area contributed by atoms with E-state index in [1.807, 2.05) is 0 Å². The number of para-hydroxylation sites is 1. The lowest BCUT2D eigenvalue weighted by molar-refractivity contribution is 0.630. The molecule has 0 spiro atoms. The van der Waals surface area contributed by atoms with Gasteiger partial charge in [0.05, 0.1) is 12.2 Å². The van der Waals surface area contributed by atoms with E-state index in [1.165, 1.54) is 6.07 Å². The van der Waals surface area contributed by atoms with E-state index in [2.05, 4.69) is 27.2 Å². The highest BCUT2D eigenvalue weighted by Gasteiger charge is 2.03. The van der Waals surface area contributed by atoms with Gasteiger partial charge in [-0.1, -0.05) is 12.0 Å². The van der Waals surface area contributed by atoms with Crippen LogP contribution in [-0.2, 0) is 0 Å². The van der Waals surface area contributed by atoms with Crippen LogP contribution in [0.5, 0.6) is 0 Å². The Kier molecular flexibility index (Phi) is 3.12. The van der Waals surface area contributed by atoms with Gasteiger partial charge in [-0.15, -0.1) is 6.42 Å². The Balaban J connectivity index is 2.90. The Bertz CT molecular complexity index is 297. The normalized spacial score (nSPS) is 9.08. The fraction of sp³-hybridized carbons (Fsp3) is 0.111. The van der Waals surface area contributed by atoms with Gasteiger partial charge in [-0.3, -0.25) is 0 Å². The van der Waals surface area contributed by atoms with Gasteiger partial charge in [-0.05, 0) is 28.1 Å². The molecule has 0 aliphatic carbocycles. The molecule has 1 nitrogen and oxygen atoms in total. The van der Waals surface area contributed by atoms with E-state index >= 15 is 0 Å². The predicted molar refractivity (Wildman–Crippen MR) is 51.4 cm³/mol. The number of hydrogen-bond acceptors (Lipinski definition) is 1. The van der Waals surface area contributed by atoms with Crippen molar-refractivity contribution < 1.29 is 4.39 Å². The molecule has 0 fully saturated rings. The van der Waals surface area contributed by atoms with Crippen LogP contribution < -0.4 is 5.32 Å². The summed E-state index contributed by atoms with van der Waals surface area (Å²) in [4.78, 5) is 0. The van der Waals surface area contributed by atoms with Gasteiger partial charge in [0.15, 0.2) is 0 Å². The molecule has 12 heavy (non-hydrogen) atoms. The zero-order valence-corrected chi connectivity index (χ0v) is 7.86. The van der Waals surface area contributed by atoms with E-state index < -0.39 is 0 Å². The Hall–Kier alpha value is -1.01. The summed E-state index contributed by atoms with van der Waals surface area (Å²) in [6.45, 7) is 0.319. The van der Waals surface area contributed by atoms with Gasteiger partial charge in [0.25, 0.3) is 0 Å². The summed E-state index contributed by atoms with van der Waals surface area (Å²) in [5, 5.41) is 2.77. The van der Waals surface area contributed by atoms with E-state index in [4.69, 9.17) is 6.42 Å². The minimum absolute atomic E-state index is 0.306. The number of anilines is 1. The highest BCUT2D eigenvalue weighted by Crippen LogP contribution is 2.24. The van der Waals surface area contributed by atoms with Gasteiger partial charge in [0.2, 0.25) is 0 Å². The van der Waals surface area contributed by atoms with Crippen molar-refractivity contribution in [2.75, 3.05) is 11.9 Å². The molecule has 0 heterocycles. The molecule has 1 N–H and O–H groups in total. The van der Waals surface area contributed by atoms with Crippen LogP contribution in [0.3, 0.4) is 0 Å². The van der Waals surface area contributed by atoms with Crippen LogP contribution in [-0.4, -0.2) is 6.54 Å². The molecule has 0 saturated carbocycles. The molecule has 0 saturated heterocycles. The van der Waals surface area contributed by atoms with Crippen molar-refractivity contribution >= 4 is 21.6 Å². The van der Waals surface area contributed by atoms with Crippen molar-refractivity contribution in [3.63, 3.8) is 0 Å². The minimum Gasteiger partial charge on any atom is -0.371 e. The molecule has 1 aromatic rings. The second-order valence-electron chi connectivity index (χ2n) is 2.15. The molecular weight excluding hydrogens is 221 g/mol. The minimum atomic E-state index is -0.306. The third kappa shape index (κ3) is 1.99. The Morgan fingerprint density at radius 3 is 2.92 bits per heavy atom. The lowest BCUT2D eigenvalue weighted by Gasteiger charge is -2.05. The van der Waals surface area contributed by atoms with Gasteiger partial charge >= 0.3 is 0 Å². The Morgan fingerprint density at radius 2 is 2.33 bits per heavy atom. The molecule has 0 bridgehead atoms. The molecule has 0 amide bonds. The lowest BCUT2D eigenvalue weighted by atomic mass is 10.3. The third-order valence-corrected chi connectivity index (χ3v) is 1.99. The lowest BCUT2D eigenvalue weighted by Crippen LogP contribution is -2.01. The van der Waals surface area contributed by atoms with E-state index in [-0.39, 0.29) is 5.82 Å². The zero-order chi connectivity index (χ0) is 8.97. The van der Waals surface area contributed by atoms with Gasteiger partial charge in [0, 0.05) is 4.47 Å². The van der Waals surface area contributed by atoms with Crippen molar-refractivity contribution in [1.29, 1.82) is 0 Å². The maximum Gasteiger partial charge on any atom is 0.147 e. The quantitative estimate of drug-likeness (QED) is 0.767. The summed E-state index contributed by atoms with van der Waals surface area (Å²) >= 11 is 3.21. The van der Waals surface area contributed by atoms with Gasteiger partial charge in [-0.25, -0.2) is 4.39 Å². The predicted octanol–water partition coefficient (Wildman–Crippen LogP) is 2.63. The first-order chi connectivity index (χ1) is 5.75. The number of rotatable bonds is 2. The second kappa shape index (κ2) is 4.13. The summed E-state index contributed by atoms with van der Waals surface area (Å²) in [6, 6.07) is 4.76. The SMILES string of the molecule is C#CCNc1c(F)cccc1Br. The van der Waals surface area contributed by atoms with Crippen molar-refractivity contribution in [2.24, 2.45) is 0 Å². The molecule has 1 rings (SSSR count). The third-order valence-electron chi connectivity index (χ3n) is 1.33. The van der Waals surface area contributed by atoms with Crippen LogP contribution >= 0.6 is 15.9 Å². The summed E-state index contributed by atoms with van der Waals surface area (Å²) in [5.74, 6) is 2.07. The number of halogens is 2. The standard InChI is InChI=1S/C9H7BrFN/c1-2-6-12-9-7(10)4-3-5-8(9)11/h1,3-5,12H,6H2. The zero-order valence-electron chi connectivity index (χ0n) is 6.27. The fourth-order valence-electron chi connectivity index (χ4n) is 0.806. The summed E-state index contributed by atoms with van der Waals surface area (Å²) in [6.07, 6.45) is 5.03. The van der Waals surface area contributed by atoms with E-state index in [0.29, 0.717) is 16.7 Å². The van der Waals surface area contributed by atoms with Crippen LogP contribution in [0.4, 0.5) is 10.1 Å². The van der Waals surface area contributed by atoms with Crippen molar-refractivity contribution in [3.05, 3.63) is 28.5 Å². The van der Waals surface area contributed by atoms with Gasteiger partial charge < -0.3 is 5.32 Å². The highest BCUT2D eigenvalue weighted by molar-refractivity contribution is 9.10. The fourth-order valence-corrected chi connectivity index (χ4v) is 1.29. The van der Waals surface area contributed by atoms with Gasteiger partial charge in [0.1, 0.15) is 5.82 Å². The van der Waals surface area contributed by atoms with Gasteiger partial charge in [-0.2, -0.15) is 0 Å². The summed E-state index contributed by atoms with van der Waals surface area (Å²) in [5.41, 5.74) is 0.412. The van der Waals surface area contributed by atoms with E-state index in [9.17, 15) is 4.39 Å². The first-order valence-corrected chi connectivity index (χ1v) is 4.16. The number of terminal acetylenes is 1. The molecule has 0 atom stereocenters. The van der Waals surface area contributed by atoms with E-state index in [1.54, 1.807) is 12.1 Å². The molecule has 0 unspecified atom stereocenters. The molecule has 0 aliphatic rings. The molecule has 0 aromatic heterocycles. The Labute approximate surface area is 79.1 Å². The first-order valence-electron chi connectivity index (χ1n) is 3.37. The second-order valence-corrected chi connectivity index (χ2v) is 3.01. The highest BCUT2D eigenvalue weighted by atomic mass is 79.9. The molecule has 62 valence electrons. The molecule has 0 radical (unpaired) electrons. The molecule has 0 aliphatic heterocycles. The smallest absolute Gasteiger partial charge is 0.147 e. The molecule has 3 heteroatoms. The number of benzene rings is 1. The maximum atomic E-state index is 13.0. The van der Waals surface area contributed by atoms with Crippen LogP contribution in [0.1, 0.15) is 0 Å². The van der Waals surface area contributed by atoms with Crippen LogP contribution in [0.15, 0.2) is 22.7 Å². The van der Waals surface area contributed by atoms with E-state index in [0.717, 1.165) is 0 Å². The number of nitrogens with one attached hydrogen (secondary N) is 1. The molecular formula is C9H7BrFN. The maximum absolute atomic E-state index is 13.0. The van der Waals surface area contributed by atoms with Crippen LogP contribution in [0.2, 0.25) is 0 Å². The average Bonchev–Trinajstić information content (AvgIpc) is 2.04. The van der Waals surface area contributed by atoms with Crippen molar-refractivity contribution in [1.82, 2.24) is 0 Å². The Morgan fingerprint density at radius 1 is 1.58 bits per heavy atom. The summed E-state index contributed by atoms with van der Waals surface area (Å²) < 4.78 is 13.7.